The topological polar surface area (TPSA) is 26.3 Å². The number of hydrogen-bond acceptors (Lipinski definition) is 2. The number of rotatable bonds is 5. The van der Waals surface area contributed by atoms with E-state index in [0.29, 0.717) is 5.56 Å². The number of alkyl halides is 5. The van der Waals surface area contributed by atoms with Crippen molar-refractivity contribution < 1.29 is 31.5 Å². The van der Waals surface area contributed by atoms with Gasteiger partial charge in [-0.15, -0.1) is 0 Å². The van der Waals surface area contributed by atoms with Crippen LogP contribution >= 0.6 is 0 Å². The molecular weight excluding hydrogens is 331 g/mol. The van der Waals surface area contributed by atoms with E-state index in [-0.39, 0.29) is 11.3 Å². The van der Waals surface area contributed by atoms with Crippen LogP contribution in [-0.2, 0) is 6.18 Å². The van der Waals surface area contributed by atoms with E-state index in [9.17, 15) is 26.7 Å². The molecular formula is C17H11F5O2. The first-order valence-corrected chi connectivity index (χ1v) is 6.70. The van der Waals surface area contributed by atoms with Gasteiger partial charge in [0.25, 0.3) is 0 Å². The summed E-state index contributed by atoms with van der Waals surface area (Å²) in [6, 6.07) is 9.50. The quantitative estimate of drug-likeness (QED) is 0.424. The summed E-state index contributed by atoms with van der Waals surface area (Å²) in [5.74, 6) is -0.645. The number of ketones is 1. The van der Waals surface area contributed by atoms with Gasteiger partial charge in [-0.2, -0.15) is 22.0 Å². The Balaban J connectivity index is 2.10. The van der Waals surface area contributed by atoms with Gasteiger partial charge in [-0.05, 0) is 35.9 Å². The van der Waals surface area contributed by atoms with Crippen LogP contribution in [0, 0.1) is 0 Å². The second kappa shape index (κ2) is 7.25. The number of carbonyl (C=O) groups is 1. The Morgan fingerprint density at radius 3 is 2.29 bits per heavy atom. The van der Waals surface area contributed by atoms with Crippen LogP contribution in [0.1, 0.15) is 21.5 Å². The lowest BCUT2D eigenvalue weighted by atomic mass is 10.1. The first kappa shape index (κ1) is 17.7. The molecule has 126 valence electrons. The highest BCUT2D eigenvalue weighted by molar-refractivity contribution is 6.07. The summed E-state index contributed by atoms with van der Waals surface area (Å²) in [6.07, 6.45) is -1.95. The minimum absolute atomic E-state index is 0.122. The van der Waals surface area contributed by atoms with E-state index in [1.807, 2.05) is 0 Å². The second-order valence-corrected chi connectivity index (χ2v) is 4.72. The lowest BCUT2D eigenvalue weighted by molar-refractivity contribution is -0.137. The standard InChI is InChI=1S/C17H11F5O2/c18-16(19)24-14-3-1-2-12(10-14)15(23)9-6-11-4-7-13(8-5-11)17(20,21)22/h1-10,16H/b9-6+. The minimum atomic E-state index is -4.43. The summed E-state index contributed by atoms with van der Waals surface area (Å²) in [5.41, 5.74) is -0.268. The molecule has 2 nitrogen and oxygen atoms in total. The zero-order chi connectivity index (χ0) is 17.7. The van der Waals surface area contributed by atoms with Crippen molar-refractivity contribution in [3.63, 3.8) is 0 Å². The molecule has 0 aliphatic heterocycles. The van der Waals surface area contributed by atoms with E-state index >= 15 is 0 Å². The van der Waals surface area contributed by atoms with Gasteiger partial charge in [0, 0.05) is 5.56 Å². The van der Waals surface area contributed by atoms with E-state index in [4.69, 9.17) is 0 Å². The Hall–Kier alpha value is -2.70. The zero-order valence-electron chi connectivity index (χ0n) is 12.1. The Morgan fingerprint density at radius 1 is 1.04 bits per heavy atom. The molecule has 0 bridgehead atoms. The maximum Gasteiger partial charge on any atom is 0.416 e. The predicted octanol–water partition coefficient (Wildman–Crippen LogP) is 5.20. The Kier molecular flexibility index (Phi) is 5.33. The predicted molar refractivity (Wildman–Crippen MR) is 77.9 cm³/mol. The van der Waals surface area contributed by atoms with Crippen molar-refractivity contribution in [1.82, 2.24) is 0 Å². The Labute approximate surface area is 134 Å². The molecule has 0 aliphatic rings. The average Bonchev–Trinajstić information content (AvgIpc) is 2.52. The maximum absolute atomic E-state index is 12.4. The monoisotopic (exact) mass is 342 g/mol. The van der Waals surface area contributed by atoms with Gasteiger partial charge in [-0.1, -0.05) is 30.3 Å². The number of ether oxygens (including phenoxy) is 1. The van der Waals surface area contributed by atoms with Crippen LogP contribution in [0.4, 0.5) is 22.0 Å². The number of allylic oxidation sites excluding steroid dienone is 1. The molecule has 0 N–H and O–H groups in total. The molecule has 0 fully saturated rings. The van der Waals surface area contributed by atoms with Crippen molar-refractivity contribution in [3.05, 3.63) is 71.3 Å². The molecule has 0 spiro atoms. The molecule has 0 amide bonds. The molecule has 0 heterocycles. The first-order chi connectivity index (χ1) is 11.3. The van der Waals surface area contributed by atoms with E-state index in [1.54, 1.807) is 0 Å². The molecule has 0 unspecified atom stereocenters. The third-order valence-corrected chi connectivity index (χ3v) is 3.01. The van der Waals surface area contributed by atoms with Crippen LogP contribution in [-0.4, -0.2) is 12.4 Å². The minimum Gasteiger partial charge on any atom is -0.435 e. The fourth-order valence-electron chi connectivity index (χ4n) is 1.88. The van der Waals surface area contributed by atoms with Crippen molar-refractivity contribution >= 4 is 11.9 Å². The molecule has 7 heteroatoms. The van der Waals surface area contributed by atoms with Crippen LogP contribution in [0.25, 0.3) is 6.08 Å². The normalized spacial score (nSPS) is 11.9. The zero-order valence-corrected chi connectivity index (χ0v) is 12.1. The van der Waals surface area contributed by atoms with E-state index in [1.165, 1.54) is 36.4 Å². The molecule has 2 aromatic rings. The van der Waals surface area contributed by atoms with E-state index in [0.717, 1.165) is 24.3 Å². The van der Waals surface area contributed by atoms with Crippen molar-refractivity contribution in [2.75, 3.05) is 0 Å². The van der Waals surface area contributed by atoms with Crippen LogP contribution in [0.2, 0.25) is 0 Å². The van der Waals surface area contributed by atoms with Crippen molar-refractivity contribution in [1.29, 1.82) is 0 Å². The molecule has 0 atom stereocenters. The lowest BCUT2D eigenvalue weighted by Gasteiger charge is -2.06. The highest BCUT2D eigenvalue weighted by Crippen LogP contribution is 2.29. The largest absolute Gasteiger partial charge is 0.435 e. The number of carbonyl (C=O) groups excluding carboxylic acids is 1. The highest BCUT2D eigenvalue weighted by Gasteiger charge is 2.29. The third-order valence-electron chi connectivity index (χ3n) is 3.01. The van der Waals surface area contributed by atoms with E-state index < -0.39 is 24.1 Å². The average molecular weight is 342 g/mol. The van der Waals surface area contributed by atoms with Crippen LogP contribution in [0.15, 0.2) is 54.6 Å². The Morgan fingerprint density at radius 2 is 1.71 bits per heavy atom. The summed E-state index contributed by atoms with van der Waals surface area (Å²) in [5, 5.41) is 0. The fourth-order valence-corrected chi connectivity index (χ4v) is 1.88. The van der Waals surface area contributed by atoms with Gasteiger partial charge in [0.05, 0.1) is 5.56 Å². The lowest BCUT2D eigenvalue weighted by Crippen LogP contribution is -2.04. The fraction of sp³-hybridized carbons (Fsp3) is 0.118. The summed E-state index contributed by atoms with van der Waals surface area (Å²) in [4.78, 5) is 12.0. The number of benzene rings is 2. The Bertz CT molecular complexity index is 733. The molecule has 24 heavy (non-hydrogen) atoms. The van der Waals surface area contributed by atoms with Crippen LogP contribution < -0.4 is 4.74 Å². The van der Waals surface area contributed by atoms with Crippen LogP contribution in [0.3, 0.4) is 0 Å². The summed E-state index contributed by atoms with van der Waals surface area (Å²) >= 11 is 0. The number of halogens is 5. The highest BCUT2D eigenvalue weighted by atomic mass is 19.4. The molecule has 0 saturated carbocycles. The SMILES string of the molecule is O=C(/C=C/c1ccc(C(F)(F)F)cc1)c1cccc(OC(F)F)c1. The van der Waals surface area contributed by atoms with Gasteiger partial charge in [-0.3, -0.25) is 4.79 Å². The summed E-state index contributed by atoms with van der Waals surface area (Å²) in [6.45, 7) is -3.00. The molecule has 0 saturated heterocycles. The molecule has 2 aromatic carbocycles. The van der Waals surface area contributed by atoms with Crippen molar-refractivity contribution in [2.24, 2.45) is 0 Å². The smallest absolute Gasteiger partial charge is 0.416 e. The first-order valence-electron chi connectivity index (χ1n) is 6.70. The molecule has 2 rings (SSSR count). The van der Waals surface area contributed by atoms with Gasteiger partial charge >= 0.3 is 12.8 Å². The number of hydrogen-bond donors (Lipinski definition) is 0. The molecule has 0 aromatic heterocycles. The van der Waals surface area contributed by atoms with Crippen molar-refractivity contribution in [2.45, 2.75) is 12.8 Å². The van der Waals surface area contributed by atoms with Crippen LogP contribution in [0.5, 0.6) is 5.75 Å². The van der Waals surface area contributed by atoms with Crippen molar-refractivity contribution in [3.8, 4) is 5.75 Å². The van der Waals surface area contributed by atoms with Gasteiger partial charge in [0.2, 0.25) is 0 Å². The second-order valence-electron chi connectivity index (χ2n) is 4.72. The van der Waals surface area contributed by atoms with Gasteiger partial charge in [-0.25, -0.2) is 0 Å². The summed E-state index contributed by atoms with van der Waals surface area (Å²) in [7, 11) is 0. The van der Waals surface area contributed by atoms with E-state index in [2.05, 4.69) is 4.74 Å². The van der Waals surface area contributed by atoms with Gasteiger partial charge < -0.3 is 4.74 Å². The van der Waals surface area contributed by atoms with Gasteiger partial charge in [0.15, 0.2) is 5.78 Å². The third kappa shape index (κ3) is 4.91. The maximum atomic E-state index is 12.4. The van der Waals surface area contributed by atoms with Gasteiger partial charge in [0.1, 0.15) is 5.75 Å². The molecule has 0 radical (unpaired) electrons. The summed E-state index contributed by atoms with van der Waals surface area (Å²) < 4.78 is 65.8. The molecule has 0 aliphatic carbocycles.